The van der Waals surface area contributed by atoms with Crippen molar-refractivity contribution in [1.82, 2.24) is 9.88 Å². The highest BCUT2D eigenvalue weighted by Crippen LogP contribution is 2.31. The number of rotatable bonds is 4. The predicted molar refractivity (Wildman–Crippen MR) is 92.7 cm³/mol. The summed E-state index contributed by atoms with van der Waals surface area (Å²) in [4.78, 5) is 31.9. The normalized spacial score (nSPS) is 13.2. The molecule has 1 aromatic carbocycles. The Balaban J connectivity index is 1.74. The number of amides is 2. The third kappa shape index (κ3) is 3.56. The van der Waals surface area contributed by atoms with Gasteiger partial charge in [0.25, 0.3) is 5.91 Å². The van der Waals surface area contributed by atoms with Gasteiger partial charge in [-0.3, -0.25) is 14.5 Å². The lowest BCUT2D eigenvalue weighted by Gasteiger charge is -2.29. The minimum Gasteiger partial charge on any atom is -0.480 e. The fraction of sp³-hybridized carbons (Fsp3) is 0.235. The summed E-state index contributed by atoms with van der Waals surface area (Å²) >= 11 is 3.28. The van der Waals surface area contributed by atoms with Crippen molar-refractivity contribution in [2.75, 3.05) is 25.1 Å². The zero-order valence-electron chi connectivity index (χ0n) is 13.1. The van der Waals surface area contributed by atoms with Crippen LogP contribution < -0.4 is 9.64 Å². The monoisotopic (exact) mass is 389 g/mol. The molecule has 7 heteroatoms. The zero-order chi connectivity index (χ0) is 17.1. The molecule has 1 aliphatic heterocycles. The molecule has 0 fully saturated rings. The van der Waals surface area contributed by atoms with Crippen molar-refractivity contribution in [3.05, 3.63) is 52.6 Å². The molecule has 2 amide bonds. The topological polar surface area (TPSA) is 62.7 Å². The lowest BCUT2D eigenvalue weighted by molar-refractivity contribution is -0.131. The van der Waals surface area contributed by atoms with E-state index in [1.54, 1.807) is 24.1 Å². The largest absolute Gasteiger partial charge is 0.480 e. The van der Waals surface area contributed by atoms with E-state index in [1.807, 2.05) is 30.3 Å². The van der Waals surface area contributed by atoms with Gasteiger partial charge in [0.1, 0.15) is 11.1 Å². The Morgan fingerprint density at radius 3 is 2.79 bits per heavy atom. The van der Waals surface area contributed by atoms with E-state index in [4.69, 9.17) is 4.74 Å². The van der Waals surface area contributed by atoms with Gasteiger partial charge in [0, 0.05) is 13.6 Å². The maximum absolute atomic E-state index is 12.5. The van der Waals surface area contributed by atoms with Gasteiger partial charge in [0.2, 0.25) is 5.91 Å². The number of fused-ring (bicyclic) bond motifs is 1. The van der Waals surface area contributed by atoms with Gasteiger partial charge in [0.15, 0.2) is 18.2 Å². The van der Waals surface area contributed by atoms with Crippen LogP contribution in [0, 0.1) is 0 Å². The van der Waals surface area contributed by atoms with Crippen LogP contribution in [-0.4, -0.2) is 41.9 Å². The second-order valence-electron chi connectivity index (χ2n) is 5.46. The smallest absolute Gasteiger partial charge is 0.266 e. The van der Waals surface area contributed by atoms with E-state index >= 15 is 0 Å². The van der Waals surface area contributed by atoms with Crippen molar-refractivity contribution in [2.24, 2.45) is 0 Å². The molecule has 1 aliphatic rings. The Kier molecular flexibility index (Phi) is 4.80. The quantitative estimate of drug-likeness (QED) is 0.752. The molecule has 0 bridgehead atoms. The Labute approximate surface area is 148 Å². The van der Waals surface area contributed by atoms with Crippen molar-refractivity contribution in [3.63, 3.8) is 0 Å². The summed E-state index contributed by atoms with van der Waals surface area (Å²) in [5, 5.41) is 0. The highest BCUT2D eigenvalue weighted by molar-refractivity contribution is 9.10. The first kappa shape index (κ1) is 16.4. The molecule has 0 spiro atoms. The number of ether oxygens (including phenoxy) is 1. The first-order chi connectivity index (χ1) is 11.5. The first-order valence-corrected chi connectivity index (χ1v) is 8.21. The fourth-order valence-corrected chi connectivity index (χ4v) is 2.72. The van der Waals surface area contributed by atoms with Crippen molar-refractivity contribution < 1.29 is 14.3 Å². The average molecular weight is 390 g/mol. The van der Waals surface area contributed by atoms with Crippen LogP contribution in [0.2, 0.25) is 0 Å². The second kappa shape index (κ2) is 7.00. The predicted octanol–water partition coefficient (Wildman–Crippen LogP) is 2.23. The van der Waals surface area contributed by atoms with Gasteiger partial charge in [-0.1, -0.05) is 30.3 Å². The first-order valence-electron chi connectivity index (χ1n) is 7.42. The van der Waals surface area contributed by atoms with E-state index < -0.39 is 0 Å². The molecule has 124 valence electrons. The molecule has 0 saturated carbocycles. The highest BCUT2D eigenvalue weighted by atomic mass is 79.9. The van der Waals surface area contributed by atoms with E-state index in [0.29, 0.717) is 22.7 Å². The van der Waals surface area contributed by atoms with E-state index in [1.165, 1.54) is 4.90 Å². The third-order valence-electron chi connectivity index (χ3n) is 3.69. The Morgan fingerprint density at radius 2 is 2.04 bits per heavy atom. The standard InChI is InChI=1S/C17H16BrN3O3/c1-20(9-12-5-3-2-4-6-12)15(22)10-21-16(23)11-24-13-7-8-14(18)19-17(13)21/h2-8H,9-11H2,1H3. The molecule has 0 radical (unpaired) electrons. The number of likely N-dealkylation sites (N-methyl/N-ethyl adjacent to an activating group) is 1. The van der Waals surface area contributed by atoms with E-state index in [0.717, 1.165) is 5.56 Å². The summed E-state index contributed by atoms with van der Waals surface area (Å²) < 4.78 is 5.94. The summed E-state index contributed by atoms with van der Waals surface area (Å²) in [6.07, 6.45) is 0. The molecule has 24 heavy (non-hydrogen) atoms. The van der Waals surface area contributed by atoms with Crippen molar-refractivity contribution in [3.8, 4) is 5.75 Å². The van der Waals surface area contributed by atoms with Gasteiger partial charge in [-0.2, -0.15) is 0 Å². The molecule has 1 aromatic heterocycles. The SMILES string of the molecule is CN(Cc1ccccc1)C(=O)CN1C(=O)COc2ccc(Br)nc21. The molecule has 2 heterocycles. The molecular formula is C17H16BrN3O3. The fourth-order valence-electron chi connectivity index (χ4n) is 2.42. The minimum absolute atomic E-state index is 0.0675. The molecule has 0 N–H and O–H groups in total. The van der Waals surface area contributed by atoms with Gasteiger partial charge in [0.05, 0.1) is 0 Å². The molecule has 3 rings (SSSR count). The van der Waals surface area contributed by atoms with Crippen LogP contribution in [0.15, 0.2) is 47.1 Å². The third-order valence-corrected chi connectivity index (χ3v) is 4.14. The van der Waals surface area contributed by atoms with E-state index in [2.05, 4.69) is 20.9 Å². The molecule has 6 nitrogen and oxygen atoms in total. The van der Waals surface area contributed by atoms with Crippen LogP contribution in [0.3, 0.4) is 0 Å². The molecule has 2 aromatic rings. The number of benzene rings is 1. The van der Waals surface area contributed by atoms with Gasteiger partial charge in [-0.25, -0.2) is 4.98 Å². The number of aromatic nitrogens is 1. The van der Waals surface area contributed by atoms with Crippen molar-refractivity contribution >= 4 is 33.6 Å². The van der Waals surface area contributed by atoms with Gasteiger partial charge < -0.3 is 9.64 Å². The number of pyridine rings is 1. The number of carbonyl (C=O) groups is 2. The molecule has 0 saturated heterocycles. The summed E-state index contributed by atoms with van der Waals surface area (Å²) in [6, 6.07) is 13.2. The van der Waals surface area contributed by atoms with E-state index in [-0.39, 0.29) is 25.0 Å². The summed E-state index contributed by atoms with van der Waals surface area (Å²) in [6.45, 7) is 0.324. The zero-order valence-corrected chi connectivity index (χ0v) is 14.7. The number of nitrogens with zero attached hydrogens (tertiary/aromatic N) is 3. The molecule has 0 aliphatic carbocycles. The lowest BCUT2D eigenvalue weighted by atomic mass is 10.2. The van der Waals surface area contributed by atoms with Crippen LogP contribution in [0.25, 0.3) is 0 Å². The van der Waals surface area contributed by atoms with Crippen LogP contribution in [0.5, 0.6) is 5.75 Å². The van der Waals surface area contributed by atoms with E-state index in [9.17, 15) is 9.59 Å². The number of hydrogen-bond acceptors (Lipinski definition) is 4. The van der Waals surface area contributed by atoms with Crippen LogP contribution in [0.1, 0.15) is 5.56 Å². The van der Waals surface area contributed by atoms with Crippen molar-refractivity contribution in [1.29, 1.82) is 0 Å². The van der Waals surface area contributed by atoms with Gasteiger partial charge in [-0.15, -0.1) is 0 Å². The Bertz CT molecular complexity index is 767. The summed E-state index contributed by atoms with van der Waals surface area (Å²) in [5.74, 6) is 0.412. The second-order valence-corrected chi connectivity index (χ2v) is 6.27. The van der Waals surface area contributed by atoms with Crippen LogP contribution in [0.4, 0.5) is 5.82 Å². The number of halogens is 1. The highest BCUT2D eigenvalue weighted by Gasteiger charge is 2.29. The Morgan fingerprint density at radius 1 is 1.29 bits per heavy atom. The Hall–Kier alpha value is -2.41. The van der Waals surface area contributed by atoms with Crippen LogP contribution in [-0.2, 0) is 16.1 Å². The minimum atomic E-state index is -0.283. The lowest BCUT2D eigenvalue weighted by Crippen LogP contribution is -2.45. The summed E-state index contributed by atoms with van der Waals surface area (Å²) in [7, 11) is 1.72. The van der Waals surface area contributed by atoms with Gasteiger partial charge in [-0.05, 0) is 33.6 Å². The number of carbonyl (C=O) groups excluding carboxylic acids is 2. The maximum Gasteiger partial charge on any atom is 0.266 e. The molecular weight excluding hydrogens is 374 g/mol. The number of hydrogen-bond donors (Lipinski definition) is 0. The van der Waals surface area contributed by atoms with Gasteiger partial charge >= 0.3 is 0 Å². The molecule has 0 unspecified atom stereocenters. The van der Waals surface area contributed by atoms with Crippen molar-refractivity contribution in [2.45, 2.75) is 6.54 Å². The molecule has 0 atom stereocenters. The number of anilines is 1. The maximum atomic E-state index is 12.5. The van der Waals surface area contributed by atoms with Crippen LogP contribution >= 0.6 is 15.9 Å². The summed E-state index contributed by atoms with van der Waals surface area (Å²) in [5.41, 5.74) is 1.03. The average Bonchev–Trinajstić information content (AvgIpc) is 2.58.